The molecule has 0 saturated heterocycles. The van der Waals surface area contributed by atoms with Crippen LogP contribution >= 0.6 is 0 Å². The van der Waals surface area contributed by atoms with Crippen molar-refractivity contribution < 1.29 is 5.11 Å². The van der Waals surface area contributed by atoms with Crippen LogP contribution in [0.1, 0.15) is 24.5 Å². The van der Waals surface area contributed by atoms with Crippen LogP contribution in [0, 0.1) is 5.92 Å². The summed E-state index contributed by atoms with van der Waals surface area (Å²) in [4.78, 5) is 0. The fourth-order valence-corrected chi connectivity index (χ4v) is 2.79. The molecular weight excluding hydrogens is 196 g/mol. The van der Waals surface area contributed by atoms with E-state index in [0.717, 1.165) is 24.1 Å². The summed E-state index contributed by atoms with van der Waals surface area (Å²) in [5.41, 5.74) is 2.79. The second-order valence-electron chi connectivity index (χ2n) is 4.93. The van der Waals surface area contributed by atoms with Crippen molar-refractivity contribution in [2.24, 2.45) is 5.92 Å². The van der Waals surface area contributed by atoms with Gasteiger partial charge in [0, 0.05) is 5.39 Å². The van der Waals surface area contributed by atoms with Crippen molar-refractivity contribution in [3.8, 4) is 5.75 Å². The molecule has 0 heterocycles. The molecule has 0 aromatic heterocycles. The Morgan fingerprint density at radius 3 is 2.75 bits per heavy atom. The molecule has 1 unspecified atom stereocenters. The monoisotopic (exact) mass is 212 g/mol. The first-order valence-electron chi connectivity index (χ1n) is 5.98. The van der Waals surface area contributed by atoms with Gasteiger partial charge in [0.15, 0.2) is 0 Å². The molecule has 2 aromatic rings. The van der Waals surface area contributed by atoms with E-state index in [9.17, 15) is 5.11 Å². The third kappa shape index (κ3) is 1.39. The van der Waals surface area contributed by atoms with Crippen LogP contribution in [0.5, 0.6) is 5.75 Å². The molecule has 1 aliphatic carbocycles. The summed E-state index contributed by atoms with van der Waals surface area (Å²) in [7, 11) is 0. The predicted molar refractivity (Wildman–Crippen MR) is 66.8 cm³/mol. The topological polar surface area (TPSA) is 20.2 Å². The molecule has 3 rings (SSSR count). The quantitative estimate of drug-likeness (QED) is 0.706. The van der Waals surface area contributed by atoms with Gasteiger partial charge in [0.05, 0.1) is 0 Å². The SMILES string of the molecule is CC1CCc2cc(O)c3ccccc3c2C1. The maximum atomic E-state index is 9.99. The first-order valence-corrected chi connectivity index (χ1v) is 5.98. The van der Waals surface area contributed by atoms with Gasteiger partial charge >= 0.3 is 0 Å². The second kappa shape index (κ2) is 3.51. The van der Waals surface area contributed by atoms with E-state index < -0.39 is 0 Å². The summed E-state index contributed by atoms with van der Waals surface area (Å²) < 4.78 is 0. The highest BCUT2D eigenvalue weighted by Gasteiger charge is 2.18. The molecular formula is C15H16O. The fourth-order valence-electron chi connectivity index (χ4n) is 2.79. The molecule has 0 aliphatic heterocycles. The van der Waals surface area contributed by atoms with Crippen molar-refractivity contribution >= 4 is 10.8 Å². The lowest BCUT2D eigenvalue weighted by molar-refractivity contribution is 0.473. The average molecular weight is 212 g/mol. The molecule has 82 valence electrons. The molecule has 0 spiro atoms. The van der Waals surface area contributed by atoms with Gasteiger partial charge in [-0.05, 0) is 47.8 Å². The third-order valence-corrected chi connectivity index (χ3v) is 3.69. The lowest BCUT2D eigenvalue weighted by Gasteiger charge is -2.23. The molecule has 0 amide bonds. The minimum Gasteiger partial charge on any atom is -0.507 e. The molecule has 1 N–H and O–H groups in total. The molecule has 2 aromatic carbocycles. The summed E-state index contributed by atoms with van der Waals surface area (Å²) in [5.74, 6) is 1.20. The van der Waals surface area contributed by atoms with Gasteiger partial charge < -0.3 is 5.11 Å². The van der Waals surface area contributed by atoms with Crippen LogP contribution in [0.2, 0.25) is 0 Å². The number of phenolic OH excluding ortho intramolecular Hbond substituents is 1. The molecule has 1 aliphatic rings. The van der Waals surface area contributed by atoms with Gasteiger partial charge in [-0.15, -0.1) is 0 Å². The number of aryl methyl sites for hydroxylation is 1. The van der Waals surface area contributed by atoms with Gasteiger partial charge in [-0.3, -0.25) is 0 Å². The number of rotatable bonds is 0. The lowest BCUT2D eigenvalue weighted by atomic mass is 9.82. The molecule has 0 radical (unpaired) electrons. The number of fused-ring (bicyclic) bond motifs is 3. The van der Waals surface area contributed by atoms with Gasteiger partial charge in [0.25, 0.3) is 0 Å². The summed E-state index contributed by atoms with van der Waals surface area (Å²) in [5, 5.41) is 12.2. The fraction of sp³-hybridized carbons (Fsp3) is 0.333. The van der Waals surface area contributed by atoms with Crippen LogP contribution in [0.4, 0.5) is 0 Å². The Balaban J connectivity index is 2.33. The summed E-state index contributed by atoms with van der Waals surface area (Å²) in [6.07, 6.45) is 3.50. The first-order chi connectivity index (χ1) is 7.75. The van der Waals surface area contributed by atoms with E-state index in [-0.39, 0.29) is 0 Å². The Kier molecular flexibility index (Phi) is 2.13. The van der Waals surface area contributed by atoms with Crippen molar-refractivity contribution in [3.63, 3.8) is 0 Å². The van der Waals surface area contributed by atoms with Crippen LogP contribution in [0.15, 0.2) is 30.3 Å². The van der Waals surface area contributed by atoms with Crippen molar-refractivity contribution in [2.75, 3.05) is 0 Å². The maximum absolute atomic E-state index is 9.99. The van der Waals surface area contributed by atoms with E-state index in [1.165, 1.54) is 22.9 Å². The molecule has 16 heavy (non-hydrogen) atoms. The molecule has 1 atom stereocenters. The normalized spacial score (nSPS) is 19.7. The zero-order valence-corrected chi connectivity index (χ0v) is 9.53. The molecule has 0 saturated carbocycles. The minimum atomic E-state index is 0.434. The van der Waals surface area contributed by atoms with Crippen LogP contribution in [0.25, 0.3) is 10.8 Å². The zero-order valence-electron chi connectivity index (χ0n) is 9.53. The van der Waals surface area contributed by atoms with Crippen molar-refractivity contribution in [1.82, 2.24) is 0 Å². The average Bonchev–Trinajstić information content (AvgIpc) is 2.31. The molecule has 0 bridgehead atoms. The second-order valence-corrected chi connectivity index (χ2v) is 4.93. The standard InChI is InChI=1S/C15H16O/c1-10-6-7-11-9-15(16)13-5-3-2-4-12(13)14(11)8-10/h2-5,9-10,16H,6-8H2,1H3. The minimum absolute atomic E-state index is 0.434. The number of hydrogen-bond donors (Lipinski definition) is 1. The van der Waals surface area contributed by atoms with E-state index in [1.54, 1.807) is 0 Å². The highest BCUT2D eigenvalue weighted by atomic mass is 16.3. The number of aromatic hydroxyl groups is 1. The highest BCUT2D eigenvalue weighted by Crippen LogP contribution is 2.36. The Bertz CT molecular complexity index is 542. The summed E-state index contributed by atoms with van der Waals surface area (Å²) >= 11 is 0. The molecule has 1 heteroatoms. The first kappa shape index (κ1) is 9.71. The van der Waals surface area contributed by atoms with Gasteiger partial charge in [0.2, 0.25) is 0 Å². The summed E-state index contributed by atoms with van der Waals surface area (Å²) in [6.45, 7) is 2.31. The van der Waals surface area contributed by atoms with E-state index >= 15 is 0 Å². The van der Waals surface area contributed by atoms with E-state index in [0.29, 0.717) is 5.75 Å². The van der Waals surface area contributed by atoms with Crippen LogP contribution in [-0.2, 0) is 12.8 Å². The Labute approximate surface area is 95.7 Å². The van der Waals surface area contributed by atoms with Crippen LogP contribution < -0.4 is 0 Å². The van der Waals surface area contributed by atoms with E-state index in [2.05, 4.69) is 19.1 Å². The summed E-state index contributed by atoms with van der Waals surface area (Å²) in [6, 6.07) is 10.1. The smallest absolute Gasteiger partial charge is 0.123 e. The Morgan fingerprint density at radius 2 is 1.94 bits per heavy atom. The van der Waals surface area contributed by atoms with Gasteiger partial charge in [-0.2, -0.15) is 0 Å². The Hall–Kier alpha value is -1.50. The number of hydrogen-bond acceptors (Lipinski definition) is 1. The van der Waals surface area contributed by atoms with Crippen molar-refractivity contribution in [1.29, 1.82) is 0 Å². The molecule has 1 nitrogen and oxygen atoms in total. The van der Waals surface area contributed by atoms with Gasteiger partial charge in [0.1, 0.15) is 5.75 Å². The third-order valence-electron chi connectivity index (χ3n) is 3.69. The number of benzene rings is 2. The predicted octanol–water partition coefficient (Wildman–Crippen LogP) is 3.67. The Morgan fingerprint density at radius 1 is 1.19 bits per heavy atom. The van der Waals surface area contributed by atoms with Crippen LogP contribution in [-0.4, -0.2) is 5.11 Å². The molecule has 0 fully saturated rings. The maximum Gasteiger partial charge on any atom is 0.123 e. The van der Waals surface area contributed by atoms with E-state index in [1.807, 2.05) is 18.2 Å². The van der Waals surface area contributed by atoms with Gasteiger partial charge in [-0.1, -0.05) is 31.2 Å². The number of phenols is 1. The highest BCUT2D eigenvalue weighted by molar-refractivity contribution is 5.92. The van der Waals surface area contributed by atoms with Crippen molar-refractivity contribution in [3.05, 3.63) is 41.5 Å². The lowest BCUT2D eigenvalue weighted by Crippen LogP contribution is -2.11. The van der Waals surface area contributed by atoms with Crippen LogP contribution in [0.3, 0.4) is 0 Å². The van der Waals surface area contributed by atoms with E-state index in [4.69, 9.17) is 0 Å². The zero-order chi connectivity index (χ0) is 11.1. The van der Waals surface area contributed by atoms with Crippen molar-refractivity contribution in [2.45, 2.75) is 26.2 Å². The largest absolute Gasteiger partial charge is 0.507 e. The van der Waals surface area contributed by atoms with Gasteiger partial charge in [-0.25, -0.2) is 0 Å².